The van der Waals surface area contributed by atoms with Gasteiger partial charge in [-0.15, -0.1) is 6.58 Å². The van der Waals surface area contributed by atoms with Crippen LogP contribution < -0.4 is 15.0 Å². The van der Waals surface area contributed by atoms with Gasteiger partial charge in [0.1, 0.15) is 12.3 Å². The standard InChI is InChI=1S/C17H22N2O3/c1-5-8-18-15(20)10-19-13-9-12(4)6-7-14(13)22-16(11(2)3)17(19)21/h5-7,9,11,16H,1,8,10H2,2-4H3,(H,18,20)/t16-/m0/s1. The van der Waals surface area contributed by atoms with Crippen molar-refractivity contribution in [1.29, 1.82) is 0 Å². The van der Waals surface area contributed by atoms with Gasteiger partial charge in [0, 0.05) is 6.54 Å². The molecule has 1 aliphatic heterocycles. The van der Waals surface area contributed by atoms with Crippen LogP contribution in [0.25, 0.3) is 0 Å². The van der Waals surface area contributed by atoms with E-state index < -0.39 is 6.10 Å². The summed E-state index contributed by atoms with van der Waals surface area (Å²) >= 11 is 0. The maximum absolute atomic E-state index is 12.7. The number of nitrogens with one attached hydrogen (secondary N) is 1. The monoisotopic (exact) mass is 302 g/mol. The first-order valence-electron chi connectivity index (χ1n) is 7.40. The quantitative estimate of drug-likeness (QED) is 0.847. The first kappa shape index (κ1) is 16.1. The SMILES string of the molecule is C=CCNC(=O)CN1C(=O)[C@H](C(C)C)Oc2ccc(C)cc21. The molecule has 0 unspecified atom stereocenters. The molecular weight excluding hydrogens is 280 g/mol. The van der Waals surface area contributed by atoms with E-state index in [0.29, 0.717) is 18.0 Å². The maximum Gasteiger partial charge on any atom is 0.268 e. The molecule has 0 fully saturated rings. The van der Waals surface area contributed by atoms with Crippen molar-refractivity contribution in [2.45, 2.75) is 26.9 Å². The van der Waals surface area contributed by atoms with Crippen molar-refractivity contribution in [2.24, 2.45) is 5.92 Å². The van der Waals surface area contributed by atoms with Crippen LogP contribution in [0, 0.1) is 12.8 Å². The Morgan fingerprint density at radius 3 is 2.86 bits per heavy atom. The predicted octanol–water partition coefficient (Wildman–Crippen LogP) is 2.05. The zero-order valence-corrected chi connectivity index (χ0v) is 13.3. The minimum absolute atomic E-state index is 0.0181. The second kappa shape index (κ2) is 6.64. The van der Waals surface area contributed by atoms with E-state index in [1.165, 1.54) is 4.90 Å². The van der Waals surface area contributed by atoms with Crippen molar-refractivity contribution in [3.63, 3.8) is 0 Å². The van der Waals surface area contributed by atoms with Gasteiger partial charge in [0.05, 0.1) is 5.69 Å². The van der Waals surface area contributed by atoms with Crippen LogP contribution in [0.4, 0.5) is 5.69 Å². The molecule has 2 rings (SSSR count). The molecule has 2 amide bonds. The Labute approximate surface area is 130 Å². The number of hydrogen-bond acceptors (Lipinski definition) is 3. The highest BCUT2D eigenvalue weighted by Crippen LogP contribution is 2.36. The lowest BCUT2D eigenvalue weighted by atomic mass is 10.0. The summed E-state index contributed by atoms with van der Waals surface area (Å²) in [6.07, 6.45) is 1.04. The molecule has 5 heteroatoms. The molecule has 118 valence electrons. The Morgan fingerprint density at radius 1 is 1.50 bits per heavy atom. The summed E-state index contributed by atoms with van der Waals surface area (Å²) in [7, 11) is 0. The lowest BCUT2D eigenvalue weighted by Crippen LogP contribution is -2.51. The zero-order chi connectivity index (χ0) is 16.3. The average Bonchev–Trinajstić information content (AvgIpc) is 2.47. The van der Waals surface area contributed by atoms with Gasteiger partial charge in [0.25, 0.3) is 5.91 Å². The molecule has 1 N–H and O–H groups in total. The molecule has 0 saturated carbocycles. The van der Waals surface area contributed by atoms with E-state index in [1.807, 2.05) is 39.0 Å². The van der Waals surface area contributed by atoms with Crippen LogP contribution in [0.1, 0.15) is 19.4 Å². The molecule has 22 heavy (non-hydrogen) atoms. The third-order valence-electron chi connectivity index (χ3n) is 3.52. The van der Waals surface area contributed by atoms with Gasteiger partial charge in [-0.2, -0.15) is 0 Å². The summed E-state index contributed by atoms with van der Waals surface area (Å²) in [6, 6.07) is 5.65. The summed E-state index contributed by atoms with van der Waals surface area (Å²) in [6.45, 7) is 9.72. The number of nitrogens with zero attached hydrogens (tertiary/aromatic N) is 1. The number of anilines is 1. The van der Waals surface area contributed by atoms with Gasteiger partial charge in [-0.3, -0.25) is 14.5 Å². The van der Waals surface area contributed by atoms with Gasteiger partial charge >= 0.3 is 0 Å². The maximum atomic E-state index is 12.7. The number of carbonyl (C=O) groups excluding carboxylic acids is 2. The molecule has 0 aromatic heterocycles. The van der Waals surface area contributed by atoms with Crippen molar-refractivity contribution in [3.05, 3.63) is 36.4 Å². The van der Waals surface area contributed by atoms with Gasteiger partial charge in [0.2, 0.25) is 5.91 Å². The molecule has 1 aromatic rings. The first-order valence-corrected chi connectivity index (χ1v) is 7.40. The number of benzene rings is 1. The van der Waals surface area contributed by atoms with E-state index in [0.717, 1.165) is 5.56 Å². The highest BCUT2D eigenvalue weighted by Gasteiger charge is 2.37. The Balaban J connectivity index is 2.32. The Kier molecular flexibility index (Phi) is 4.85. The normalized spacial score (nSPS) is 17.0. The number of hydrogen-bond donors (Lipinski definition) is 1. The van der Waals surface area contributed by atoms with E-state index in [-0.39, 0.29) is 24.3 Å². The molecular formula is C17H22N2O3. The van der Waals surface area contributed by atoms with Crippen molar-refractivity contribution in [2.75, 3.05) is 18.0 Å². The van der Waals surface area contributed by atoms with E-state index in [9.17, 15) is 9.59 Å². The van der Waals surface area contributed by atoms with Gasteiger partial charge in [-0.1, -0.05) is 26.0 Å². The smallest absolute Gasteiger partial charge is 0.268 e. The molecule has 0 radical (unpaired) electrons. The van der Waals surface area contributed by atoms with E-state index in [2.05, 4.69) is 11.9 Å². The third-order valence-corrected chi connectivity index (χ3v) is 3.52. The van der Waals surface area contributed by atoms with Crippen LogP contribution in [-0.2, 0) is 9.59 Å². The van der Waals surface area contributed by atoms with Gasteiger partial charge in [-0.25, -0.2) is 0 Å². The molecule has 0 saturated heterocycles. The molecule has 1 heterocycles. The lowest BCUT2D eigenvalue weighted by Gasteiger charge is -2.35. The Hall–Kier alpha value is -2.30. The van der Waals surface area contributed by atoms with Crippen LogP contribution in [-0.4, -0.2) is 31.0 Å². The van der Waals surface area contributed by atoms with Crippen molar-refractivity contribution < 1.29 is 14.3 Å². The fraction of sp³-hybridized carbons (Fsp3) is 0.412. The van der Waals surface area contributed by atoms with E-state index in [4.69, 9.17) is 4.74 Å². The highest BCUT2D eigenvalue weighted by molar-refractivity contribution is 6.04. The summed E-state index contributed by atoms with van der Waals surface area (Å²) in [4.78, 5) is 26.2. The summed E-state index contributed by atoms with van der Waals surface area (Å²) < 4.78 is 5.81. The average molecular weight is 302 g/mol. The minimum atomic E-state index is -0.567. The molecule has 1 atom stereocenters. The fourth-order valence-electron chi connectivity index (χ4n) is 2.37. The molecule has 5 nitrogen and oxygen atoms in total. The minimum Gasteiger partial charge on any atom is -0.478 e. The number of ether oxygens (including phenoxy) is 1. The number of amides is 2. The van der Waals surface area contributed by atoms with Crippen molar-refractivity contribution in [3.8, 4) is 5.75 Å². The fourth-order valence-corrected chi connectivity index (χ4v) is 2.37. The molecule has 1 aromatic carbocycles. The predicted molar refractivity (Wildman–Crippen MR) is 86.0 cm³/mol. The van der Waals surface area contributed by atoms with Gasteiger partial charge < -0.3 is 10.1 Å². The molecule has 0 bridgehead atoms. The number of carbonyl (C=O) groups is 2. The third kappa shape index (κ3) is 3.30. The highest BCUT2D eigenvalue weighted by atomic mass is 16.5. The van der Waals surface area contributed by atoms with Gasteiger partial charge in [-0.05, 0) is 30.5 Å². The second-order valence-corrected chi connectivity index (χ2v) is 5.77. The van der Waals surface area contributed by atoms with Crippen molar-refractivity contribution in [1.82, 2.24) is 5.32 Å². The Bertz CT molecular complexity index is 596. The molecule has 1 aliphatic rings. The topological polar surface area (TPSA) is 58.6 Å². The van der Waals surface area contributed by atoms with Gasteiger partial charge in [0.15, 0.2) is 6.10 Å². The van der Waals surface area contributed by atoms with Crippen LogP contribution in [0.3, 0.4) is 0 Å². The summed E-state index contributed by atoms with van der Waals surface area (Å²) in [5.41, 5.74) is 1.66. The lowest BCUT2D eigenvalue weighted by molar-refractivity contribution is -0.130. The summed E-state index contributed by atoms with van der Waals surface area (Å²) in [5, 5.41) is 2.70. The first-order chi connectivity index (χ1) is 10.4. The van der Waals surface area contributed by atoms with Crippen molar-refractivity contribution >= 4 is 17.5 Å². The molecule has 0 spiro atoms. The zero-order valence-electron chi connectivity index (χ0n) is 13.3. The van der Waals surface area contributed by atoms with Crippen LogP contribution >= 0.6 is 0 Å². The second-order valence-electron chi connectivity index (χ2n) is 5.77. The van der Waals surface area contributed by atoms with E-state index in [1.54, 1.807) is 6.08 Å². The number of fused-ring (bicyclic) bond motifs is 1. The number of rotatable bonds is 5. The van der Waals surface area contributed by atoms with E-state index >= 15 is 0 Å². The Morgan fingerprint density at radius 2 is 2.23 bits per heavy atom. The number of aryl methyl sites for hydroxylation is 1. The largest absolute Gasteiger partial charge is 0.478 e. The van der Waals surface area contributed by atoms with Crippen LogP contribution in [0.15, 0.2) is 30.9 Å². The van der Waals surface area contributed by atoms with Crippen LogP contribution in [0.2, 0.25) is 0 Å². The molecule has 0 aliphatic carbocycles. The summed E-state index contributed by atoms with van der Waals surface area (Å²) in [5.74, 6) is 0.271. The van der Waals surface area contributed by atoms with Crippen LogP contribution in [0.5, 0.6) is 5.75 Å².